The van der Waals surface area contributed by atoms with Gasteiger partial charge in [0, 0.05) is 5.92 Å². The highest BCUT2D eigenvalue weighted by Crippen LogP contribution is 2.30. The second-order valence-electron chi connectivity index (χ2n) is 4.98. The standard InChI is InChI=1S/C17H17F2NO2/c1-11(22-16(21)10-20)17(12-2-6-14(18)7-3-12)13-4-8-15(19)9-5-13/h2-9,11,17H,10,20H2,1H3. The number of halogens is 2. The van der Waals surface area contributed by atoms with E-state index in [1.54, 1.807) is 31.2 Å². The molecule has 0 aliphatic heterocycles. The Bertz CT molecular complexity index is 581. The lowest BCUT2D eigenvalue weighted by molar-refractivity contribution is -0.147. The van der Waals surface area contributed by atoms with E-state index < -0.39 is 12.1 Å². The first-order chi connectivity index (χ1) is 10.5. The monoisotopic (exact) mass is 305 g/mol. The number of carbonyl (C=O) groups is 1. The predicted molar refractivity (Wildman–Crippen MR) is 79.3 cm³/mol. The van der Waals surface area contributed by atoms with E-state index in [0.29, 0.717) is 0 Å². The van der Waals surface area contributed by atoms with Gasteiger partial charge in [0.15, 0.2) is 0 Å². The zero-order valence-corrected chi connectivity index (χ0v) is 12.1. The Hall–Kier alpha value is -2.27. The largest absolute Gasteiger partial charge is 0.461 e. The minimum absolute atomic E-state index is 0.218. The second kappa shape index (κ2) is 7.13. The highest BCUT2D eigenvalue weighted by molar-refractivity contribution is 5.71. The molecule has 3 nitrogen and oxygen atoms in total. The topological polar surface area (TPSA) is 52.3 Å². The van der Waals surface area contributed by atoms with E-state index in [1.165, 1.54) is 24.3 Å². The summed E-state index contributed by atoms with van der Waals surface area (Å²) in [5, 5.41) is 0. The van der Waals surface area contributed by atoms with Gasteiger partial charge in [-0.15, -0.1) is 0 Å². The van der Waals surface area contributed by atoms with Crippen LogP contribution in [0.5, 0.6) is 0 Å². The molecule has 2 rings (SSSR count). The van der Waals surface area contributed by atoms with Crippen LogP contribution in [0.4, 0.5) is 8.78 Å². The Morgan fingerprint density at radius 2 is 1.41 bits per heavy atom. The molecule has 0 aliphatic rings. The highest BCUT2D eigenvalue weighted by atomic mass is 19.1. The van der Waals surface area contributed by atoms with Crippen LogP contribution in [-0.4, -0.2) is 18.6 Å². The Kier molecular flexibility index (Phi) is 5.22. The van der Waals surface area contributed by atoms with E-state index in [0.717, 1.165) is 11.1 Å². The third kappa shape index (κ3) is 3.89. The van der Waals surface area contributed by atoms with Gasteiger partial charge in [-0.05, 0) is 42.3 Å². The van der Waals surface area contributed by atoms with Gasteiger partial charge in [-0.1, -0.05) is 24.3 Å². The highest BCUT2D eigenvalue weighted by Gasteiger charge is 2.24. The first-order valence-electron chi connectivity index (χ1n) is 6.91. The lowest BCUT2D eigenvalue weighted by atomic mass is 9.87. The quantitative estimate of drug-likeness (QED) is 0.864. The molecule has 116 valence electrons. The van der Waals surface area contributed by atoms with Crippen molar-refractivity contribution < 1.29 is 18.3 Å². The summed E-state index contributed by atoms with van der Waals surface area (Å²) >= 11 is 0. The third-order valence-corrected chi connectivity index (χ3v) is 3.41. The molecule has 0 fully saturated rings. The number of hydrogen-bond donors (Lipinski definition) is 1. The minimum Gasteiger partial charge on any atom is -0.461 e. The molecule has 2 aromatic carbocycles. The number of rotatable bonds is 5. The van der Waals surface area contributed by atoms with Gasteiger partial charge in [0.1, 0.15) is 17.7 Å². The maximum atomic E-state index is 13.1. The zero-order chi connectivity index (χ0) is 16.1. The molecule has 0 heterocycles. The van der Waals surface area contributed by atoms with Crippen molar-refractivity contribution in [3.05, 3.63) is 71.3 Å². The third-order valence-electron chi connectivity index (χ3n) is 3.41. The predicted octanol–water partition coefficient (Wildman–Crippen LogP) is 2.99. The lowest BCUT2D eigenvalue weighted by Crippen LogP contribution is -2.27. The van der Waals surface area contributed by atoms with Crippen molar-refractivity contribution in [3.8, 4) is 0 Å². The van der Waals surface area contributed by atoms with Crippen LogP contribution in [0, 0.1) is 11.6 Å². The molecule has 0 spiro atoms. The van der Waals surface area contributed by atoms with Crippen molar-refractivity contribution in [2.24, 2.45) is 5.73 Å². The number of nitrogens with two attached hydrogens (primary N) is 1. The molecule has 1 unspecified atom stereocenters. The van der Waals surface area contributed by atoms with E-state index >= 15 is 0 Å². The second-order valence-corrected chi connectivity index (χ2v) is 4.98. The average Bonchev–Trinajstić information content (AvgIpc) is 2.51. The minimum atomic E-state index is -0.526. The molecular weight excluding hydrogens is 288 g/mol. The number of ether oxygens (including phenoxy) is 1. The molecule has 22 heavy (non-hydrogen) atoms. The summed E-state index contributed by atoms with van der Waals surface area (Å²) in [6.07, 6.45) is -0.521. The summed E-state index contributed by atoms with van der Waals surface area (Å²) in [6.45, 7) is 1.51. The van der Waals surface area contributed by atoms with E-state index in [9.17, 15) is 13.6 Å². The SMILES string of the molecule is CC(OC(=O)CN)C(c1ccc(F)cc1)c1ccc(F)cc1. The molecule has 2 N–H and O–H groups in total. The number of hydrogen-bond acceptors (Lipinski definition) is 3. The summed E-state index contributed by atoms with van der Waals surface area (Å²) in [4.78, 5) is 11.4. The maximum absolute atomic E-state index is 13.1. The lowest BCUT2D eigenvalue weighted by Gasteiger charge is -2.25. The van der Waals surface area contributed by atoms with Crippen molar-refractivity contribution in [1.82, 2.24) is 0 Å². The van der Waals surface area contributed by atoms with E-state index in [-0.39, 0.29) is 24.1 Å². The Morgan fingerprint density at radius 3 is 1.77 bits per heavy atom. The molecule has 0 saturated heterocycles. The fraction of sp³-hybridized carbons (Fsp3) is 0.235. The van der Waals surface area contributed by atoms with Crippen LogP contribution in [0.15, 0.2) is 48.5 Å². The van der Waals surface area contributed by atoms with Crippen LogP contribution in [0.1, 0.15) is 24.0 Å². The van der Waals surface area contributed by atoms with Crippen LogP contribution in [0.3, 0.4) is 0 Å². The summed E-state index contributed by atoms with van der Waals surface area (Å²) in [5.41, 5.74) is 6.80. The van der Waals surface area contributed by atoms with Gasteiger partial charge in [0.05, 0.1) is 6.54 Å². The Labute approximate surface area is 127 Å². The summed E-state index contributed by atoms with van der Waals surface area (Å²) < 4.78 is 31.5. The molecule has 5 heteroatoms. The number of carbonyl (C=O) groups excluding carboxylic acids is 1. The molecule has 1 atom stereocenters. The average molecular weight is 305 g/mol. The van der Waals surface area contributed by atoms with Crippen LogP contribution in [0.2, 0.25) is 0 Å². The van der Waals surface area contributed by atoms with Gasteiger partial charge in [0.25, 0.3) is 0 Å². The smallest absolute Gasteiger partial charge is 0.319 e. The fourth-order valence-corrected chi connectivity index (χ4v) is 2.40. The van der Waals surface area contributed by atoms with Crippen molar-refractivity contribution in [1.29, 1.82) is 0 Å². The van der Waals surface area contributed by atoms with E-state index in [1.807, 2.05) is 0 Å². The first kappa shape index (κ1) is 16.1. The molecule has 0 radical (unpaired) electrons. The van der Waals surface area contributed by atoms with Crippen LogP contribution < -0.4 is 5.73 Å². The number of esters is 1. The molecular formula is C17H17F2NO2. The molecule has 0 bridgehead atoms. The van der Waals surface area contributed by atoms with Crippen LogP contribution in [-0.2, 0) is 9.53 Å². The van der Waals surface area contributed by atoms with Crippen molar-refractivity contribution >= 4 is 5.97 Å². The van der Waals surface area contributed by atoms with Gasteiger partial charge >= 0.3 is 5.97 Å². The van der Waals surface area contributed by atoms with E-state index in [2.05, 4.69) is 0 Å². The van der Waals surface area contributed by atoms with Gasteiger partial charge in [-0.25, -0.2) is 8.78 Å². The molecule has 0 aliphatic carbocycles. The number of benzene rings is 2. The molecule has 0 amide bonds. The zero-order valence-electron chi connectivity index (χ0n) is 12.1. The normalized spacial score (nSPS) is 12.2. The Morgan fingerprint density at radius 1 is 1.00 bits per heavy atom. The Balaban J connectivity index is 2.37. The maximum Gasteiger partial charge on any atom is 0.319 e. The van der Waals surface area contributed by atoms with Crippen molar-refractivity contribution in [2.75, 3.05) is 6.54 Å². The van der Waals surface area contributed by atoms with Gasteiger partial charge < -0.3 is 10.5 Å². The van der Waals surface area contributed by atoms with Crippen LogP contribution >= 0.6 is 0 Å². The van der Waals surface area contributed by atoms with E-state index in [4.69, 9.17) is 10.5 Å². The van der Waals surface area contributed by atoms with Crippen molar-refractivity contribution in [2.45, 2.75) is 18.9 Å². The van der Waals surface area contributed by atoms with Gasteiger partial charge in [-0.3, -0.25) is 4.79 Å². The van der Waals surface area contributed by atoms with Gasteiger partial charge in [-0.2, -0.15) is 0 Å². The summed E-state index contributed by atoms with van der Waals surface area (Å²) in [5.74, 6) is -1.57. The van der Waals surface area contributed by atoms with Crippen LogP contribution in [0.25, 0.3) is 0 Å². The van der Waals surface area contributed by atoms with Gasteiger partial charge in [0.2, 0.25) is 0 Å². The summed E-state index contributed by atoms with van der Waals surface area (Å²) in [7, 11) is 0. The molecule has 0 saturated carbocycles. The fourth-order valence-electron chi connectivity index (χ4n) is 2.40. The molecule has 0 aromatic heterocycles. The first-order valence-corrected chi connectivity index (χ1v) is 6.91. The van der Waals surface area contributed by atoms with Crippen molar-refractivity contribution in [3.63, 3.8) is 0 Å². The molecule has 2 aromatic rings. The summed E-state index contributed by atoms with van der Waals surface area (Å²) in [6, 6.07) is 11.8.